The molecule has 2 aromatic carbocycles. The van der Waals surface area contributed by atoms with Crippen LogP contribution in [-0.2, 0) is 22.7 Å². The first kappa shape index (κ1) is 46.3. The Morgan fingerprint density at radius 1 is 0.556 bits per heavy atom. The second kappa shape index (κ2) is 24.5. The van der Waals surface area contributed by atoms with Crippen molar-refractivity contribution in [3.8, 4) is 0 Å². The average molecular weight is 755 g/mol. The molecule has 0 aliphatic heterocycles. The Balaban J connectivity index is 1.50. The molecule has 2 amide bonds. The Morgan fingerprint density at radius 3 is 1.24 bits per heavy atom. The summed E-state index contributed by atoms with van der Waals surface area (Å²) < 4.78 is 1.48. The predicted molar refractivity (Wildman–Crippen MR) is 217 cm³/mol. The standard InChI is InChI=1S/C42H70N6O6/c1-7-47(5,35-37-25-17-19-27-39(37)45(51)52)33-23-13-15-29-41(49)43(3)31-21-11-9-10-12-22-32-44(4)42(50)30-16-14-24-34-48(6,8-2)36-38-26-18-20-28-40(38)46(53)54/h17-20,25-28H,7-16,21-24,29-36H2,1-6H3/q+2. The SMILES string of the molecule is CC[N+](C)(CCCCCC(=O)N(C)CCCCCCCCN(C)C(=O)CCCCC[N+](C)(CC)Cc1ccccc1[N+](=O)[O-])Cc1ccccc1[N+](=O)[O-]. The average Bonchev–Trinajstić information content (AvgIpc) is 3.15. The smallest absolute Gasteiger partial charge is 0.278 e. The molecule has 12 heteroatoms. The highest BCUT2D eigenvalue weighted by Gasteiger charge is 2.26. The third-order valence-electron chi connectivity index (χ3n) is 11.3. The molecule has 12 nitrogen and oxygen atoms in total. The van der Waals surface area contributed by atoms with E-state index in [1.54, 1.807) is 24.3 Å². The first-order valence-corrected chi connectivity index (χ1v) is 20.3. The molecule has 0 aliphatic rings. The lowest BCUT2D eigenvalue weighted by atomic mass is 10.1. The van der Waals surface area contributed by atoms with Crippen LogP contribution in [-0.4, -0.2) is 108 Å². The maximum Gasteiger partial charge on any atom is 0.278 e. The fourth-order valence-corrected chi connectivity index (χ4v) is 7.09. The highest BCUT2D eigenvalue weighted by atomic mass is 16.6. The van der Waals surface area contributed by atoms with E-state index in [0.717, 1.165) is 136 Å². The number of rotatable bonds is 29. The number of unbranched alkanes of at least 4 members (excludes halogenated alkanes) is 9. The first-order valence-electron chi connectivity index (χ1n) is 20.3. The van der Waals surface area contributed by atoms with E-state index >= 15 is 0 Å². The zero-order valence-electron chi connectivity index (χ0n) is 34.3. The van der Waals surface area contributed by atoms with Gasteiger partial charge in [0.2, 0.25) is 11.8 Å². The zero-order chi connectivity index (χ0) is 40.0. The minimum atomic E-state index is -0.299. The normalized spacial score (nSPS) is 13.5. The predicted octanol–water partition coefficient (Wildman–Crippen LogP) is 8.51. The number of carbonyl (C=O) groups excluding carboxylic acids is 2. The van der Waals surface area contributed by atoms with Gasteiger partial charge >= 0.3 is 0 Å². The van der Waals surface area contributed by atoms with Crippen LogP contribution in [0.2, 0.25) is 0 Å². The molecule has 0 saturated carbocycles. The summed E-state index contributed by atoms with van der Waals surface area (Å²) in [5.74, 6) is 0.399. The van der Waals surface area contributed by atoms with Crippen LogP contribution in [0.5, 0.6) is 0 Å². The first-order chi connectivity index (χ1) is 25.7. The number of carbonyl (C=O) groups is 2. The van der Waals surface area contributed by atoms with Gasteiger partial charge in [-0.2, -0.15) is 0 Å². The monoisotopic (exact) mass is 755 g/mol. The van der Waals surface area contributed by atoms with Crippen LogP contribution in [0, 0.1) is 20.2 Å². The van der Waals surface area contributed by atoms with E-state index in [9.17, 15) is 29.8 Å². The second-order valence-corrected chi connectivity index (χ2v) is 15.8. The van der Waals surface area contributed by atoms with Crippen LogP contribution in [0.1, 0.15) is 115 Å². The number of nitrogens with zero attached hydrogens (tertiary/aromatic N) is 6. The molecule has 2 aromatic rings. The Bertz CT molecular complexity index is 1350. The highest BCUT2D eigenvalue weighted by molar-refractivity contribution is 5.76. The van der Waals surface area contributed by atoms with Crippen molar-refractivity contribution in [2.75, 3.05) is 67.5 Å². The van der Waals surface area contributed by atoms with Gasteiger partial charge in [0.15, 0.2) is 0 Å². The van der Waals surface area contributed by atoms with E-state index in [-0.39, 0.29) is 33.0 Å². The summed E-state index contributed by atoms with van der Waals surface area (Å²) in [6, 6.07) is 14.0. The number of benzene rings is 2. The van der Waals surface area contributed by atoms with Crippen LogP contribution >= 0.6 is 0 Å². The lowest BCUT2D eigenvalue weighted by molar-refractivity contribution is -0.921. The second-order valence-electron chi connectivity index (χ2n) is 15.8. The quantitative estimate of drug-likeness (QED) is 0.0355. The summed E-state index contributed by atoms with van der Waals surface area (Å²) in [5, 5.41) is 22.9. The van der Waals surface area contributed by atoms with Crippen LogP contribution in [0.25, 0.3) is 0 Å². The van der Waals surface area contributed by atoms with Gasteiger partial charge in [-0.15, -0.1) is 0 Å². The molecule has 2 atom stereocenters. The van der Waals surface area contributed by atoms with Crippen molar-refractivity contribution in [2.24, 2.45) is 0 Å². The number of nitro benzene ring substituents is 2. The number of nitro groups is 2. The number of hydrogen-bond donors (Lipinski definition) is 0. The van der Waals surface area contributed by atoms with Crippen molar-refractivity contribution < 1.29 is 28.4 Å². The molecule has 0 heterocycles. The molecule has 54 heavy (non-hydrogen) atoms. The maximum atomic E-state index is 12.7. The number of para-hydroxylation sites is 2. The highest BCUT2D eigenvalue weighted by Crippen LogP contribution is 2.24. The van der Waals surface area contributed by atoms with Gasteiger partial charge in [0, 0.05) is 52.2 Å². The Kier molecular flexibility index (Phi) is 21.0. The van der Waals surface area contributed by atoms with Crippen molar-refractivity contribution in [1.29, 1.82) is 0 Å². The molecule has 0 bridgehead atoms. The summed E-state index contributed by atoms with van der Waals surface area (Å²) >= 11 is 0. The molecule has 0 saturated heterocycles. The summed E-state index contributed by atoms with van der Waals surface area (Å²) in [4.78, 5) is 51.3. The van der Waals surface area contributed by atoms with E-state index in [1.165, 1.54) is 0 Å². The Morgan fingerprint density at radius 2 is 0.889 bits per heavy atom. The van der Waals surface area contributed by atoms with Crippen LogP contribution in [0.4, 0.5) is 11.4 Å². The molecule has 2 unspecified atom stereocenters. The lowest BCUT2D eigenvalue weighted by Gasteiger charge is -2.33. The topological polar surface area (TPSA) is 127 Å². The third kappa shape index (κ3) is 17.1. The van der Waals surface area contributed by atoms with Gasteiger partial charge < -0.3 is 18.8 Å². The largest absolute Gasteiger partial charge is 0.346 e. The van der Waals surface area contributed by atoms with Gasteiger partial charge in [0.25, 0.3) is 11.4 Å². The molecule has 302 valence electrons. The molecular formula is C42H70N6O6+2. The molecule has 0 aliphatic carbocycles. The van der Waals surface area contributed by atoms with Crippen LogP contribution in [0.3, 0.4) is 0 Å². The molecule has 0 aromatic heterocycles. The van der Waals surface area contributed by atoms with E-state index in [0.29, 0.717) is 25.9 Å². The van der Waals surface area contributed by atoms with E-state index in [4.69, 9.17) is 0 Å². The molecular weight excluding hydrogens is 684 g/mol. The van der Waals surface area contributed by atoms with Gasteiger partial charge in [-0.25, -0.2) is 0 Å². The Hall–Kier alpha value is -3.90. The van der Waals surface area contributed by atoms with E-state index < -0.39 is 0 Å². The summed E-state index contributed by atoms with van der Waals surface area (Å²) in [7, 11) is 8.10. The van der Waals surface area contributed by atoms with Gasteiger partial charge in [-0.3, -0.25) is 29.8 Å². The number of hydrogen-bond acceptors (Lipinski definition) is 6. The van der Waals surface area contributed by atoms with Crippen molar-refractivity contribution >= 4 is 23.2 Å². The molecule has 2 rings (SSSR count). The zero-order valence-corrected chi connectivity index (χ0v) is 34.3. The lowest BCUT2D eigenvalue weighted by Crippen LogP contribution is -2.43. The maximum absolute atomic E-state index is 12.7. The van der Waals surface area contributed by atoms with Gasteiger partial charge in [0.05, 0.1) is 61.2 Å². The van der Waals surface area contributed by atoms with Crippen molar-refractivity contribution in [3.63, 3.8) is 0 Å². The van der Waals surface area contributed by atoms with E-state index in [2.05, 4.69) is 27.9 Å². The summed E-state index contributed by atoms with van der Waals surface area (Å²) in [5.41, 5.74) is 1.91. The van der Waals surface area contributed by atoms with Crippen LogP contribution < -0.4 is 0 Å². The summed E-state index contributed by atoms with van der Waals surface area (Å²) in [6.07, 6.45) is 13.2. The minimum Gasteiger partial charge on any atom is -0.346 e. The van der Waals surface area contributed by atoms with Crippen molar-refractivity contribution in [2.45, 2.75) is 117 Å². The van der Waals surface area contributed by atoms with Gasteiger partial charge in [0.1, 0.15) is 13.1 Å². The summed E-state index contributed by atoms with van der Waals surface area (Å²) in [6.45, 7) is 10.7. The van der Waals surface area contributed by atoms with Crippen molar-refractivity contribution in [3.05, 3.63) is 79.9 Å². The fraction of sp³-hybridized carbons (Fsp3) is 0.667. The fourth-order valence-electron chi connectivity index (χ4n) is 7.09. The number of amides is 2. The molecule has 0 fully saturated rings. The minimum absolute atomic E-state index is 0.186. The molecule has 0 spiro atoms. The van der Waals surface area contributed by atoms with Gasteiger partial charge in [-0.1, -0.05) is 49.9 Å². The van der Waals surface area contributed by atoms with E-state index in [1.807, 2.05) is 48.2 Å². The molecule has 0 radical (unpaired) electrons. The third-order valence-corrected chi connectivity index (χ3v) is 11.3. The van der Waals surface area contributed by atoms with Gasteiger partial charge in [-0.05, 0) is 77.3 Å². The van der Waals surface area contributed by atoms with Crippen LogP contribution in [0.15, 0.2) is 48.5 Å². The van der Waals surface area contributed by atoms with Crippen molar-refractivity contribution in [1.82, 2.24) is 9.80 Å². The molecule has 0 N–H and O–H groups in total. The Labute approximate surface area is 325 Å². The number of quaternary nitrogens is 2.